The third-order valence-electron chi connectivity index (χ3n) is 9.61. The molecule has 4 fully saturated rings. The van der Waals surface area contributed by atoms with Gasteiger partial charge in [-0.25, -0.2) is 0 Å². The Bertz CT molecular complexity index is 921. The molecule has 1 saturated heterocycles. The van der Waals surface area contributed by atoms with E-state index in [1.54, 1.807) is 6.92 Å². The lowest BCUT2D eigenvalue weighted by molar-refractivity contribution is -0.167. The topological polar surface area (TPSA) is 118 Å². The normalized spacial score (nSPS) is 42.1. The number of allylic oxidation sites excluding steroid dienone is 1. The second kappa shape index (κ2) is 9.84. The van der Waals surface area contributed by atoms with Gasteiger partial charge in [-0.3, -0.25) is 18.8 Å². The van der Waals surface area contributed by atoms with Gasteiger partial charge in [0, 0.05) is 30.4 Å². The van der Waals surface area contributed by atoms with E-state index in [9.17, 15) is 14.4 Å². The Labute approximate surface area is 217 Å². The highest BCUT2D eigenvalue weighted by Crippen LogP contribution is 2.70. The van der Waals surface area contributed by atoms with Gasteiger partial charge in [-0.1, -0.05) is 31.2 Å². The summed E-state index contributed by atoms with van der Waals surface area (Å²) in [6.07, 6.45) is 10.0. The fourth-order valence-corrected chi connectivity index (χ4v) is 9.36. The van der Waals surface area contributed by atoms with Crippen LogP contribution in [0.1, 0.15) is 78.6 Å². The highest BCUT2D eigenvalue weighted by atomic mass is 32.2. The third kappa shape index (κ3) is 4.49. The second-order valence-corrected chi connectivity index (χ2v) is 12.9. The molecule has 34 heavy (non-hydrogen) atoms. The Morgan fingerprint density at radius 2 is 1.74 bits per heavy atom. The van der Waals surface area contributed by atoms with E-state index in [0.29, 0.717) is 30.6 Å². The maximum Gasteiger partial charge on any atom is 0.761 e. The molecule has 1 aliphatic heterocycles. The molecule has 1 heterocycles. The number of esters is 1. The maximum absolute atomic E-state index is 12.2. The van der Waals surface area contributed by atoms with E-state index in [2.05, 4.69) is 13.8 Å². The van der Waals surface area contributed by atoms with Crippen LogP contribution >= 0.6 is 11.8 Å². The van der Waals surface area contributed by atoms with Crippen molar-refractivity contribution in [2.24, 2.45) is 28.6 Å². The first-order chi connectivity index (χ1) is 15.4. The molecule has 3 saturated carbocycles. The Morgan fingerprint density at radius 3 is 2.32 bits per heavy atom. The molecule has 4 aliphatic carbocycles. The number of carbonyl (C=O) groups is 3. The van der Waals surface area contributed by atoms with Crippen molar-refractivity contribution in [2.45, 2.75) is 89.4 Å². The molecule has 7 nitrogen and oxygen atoms in total. The quantitative estimate of drug-likeness (QED) is 0.395. The number of fused-ring (bicyclic) bond motifs is 6. The van der Waals surface area contributed by atoms with Crippen LogP contribution in [0.2, 0.25) is 0 Å². The number of hydrogen-bond donors (Lipinski definition) is 2. The summed E-state index contributed by atoms with van der Waals surface area (Å²) in [6, 6.07) is 0. The first kappa shape index (κ1) is 27.6. The fraction of sp³-hybridized carbons (Fsp3) is 0.792. The van der Waals surface area contributed by atoms with Crippen molar-refractivity contribution in [3.05, 3.63) is 11.6 Å². The van der Waals surface area contributed by atoms with Crippen LogP contribution in [0.25, 0.3) is 0 Å². The lowest BCUT2D eigenvalue weighted by Gasteiger charge is -2.61. The van der Waals surface area contributed by atoms with E-state index in [0.717, 1.165) is 44.9 Å². The van der Waals surface area contributed by atoms with E-state index < -0.39 is 9.17 Å². The largest absolute Gasteiger partial charge is 0.761 e. The average Bonchev–Trinajstić information content (AvgIpc) is 3.23. The molecule has 0 aromatic rings. The van der Waals surface area contributed by atoms with Crippen molar-refractivity contribution < 1.29 is 33.2 Å². The van der Waals surface area contributed by atoms with Crippen molar-refractivity contribution in [2.75, 3.05) is 0 Å². The molecule has 0 amide bonds. The van der Waals surface area contributed by atoms with Crippen LogP contribution in [0.4, 0.5) is 0 Å². The van der Waals surface area contributed by atoms with Crippen LogP contribution in [0.3, 0.4) is 0 Å². The van der Waals surface area contributed by atoms with E-state index >= 15 is 0 Å². The van der Waals surface area contributed by atoms with Crippen LogP contribution in [-0.2, 0) is 23.6 Å². The minimum absolute atomic E-state index is 0. The van der Waals surface area contributed by atoms with E-state index in [1.165, 1.54) is 17.3 Å². The number of rotatable bonds is 1. The number of hydrogen-bond acceptors (Lipinski definition) is 6. The molecule has 0 aromatic carbocycles. The van der Waals surface area contributed by atoms with Gasteiger partial charge in [-0.2, -0.15) is 0 Å². The lowest BCUT2D eigenvalue weighted by atomic mass is 9.46. The zero-order chi connectivity index (χ0) is 24.2. The summed E-state index contributed by atoms with van der Waals surface area (Å²) in [4.78, 5) is 50.7. The predicted molar refractivity (Wildman–Crippen MR) is 133 cm³/mol. The van der Waals surface area contributed by atoms with Crippen LogP contribution in [0.5, 0.6) is 0 Å². The number of thioether (sulfide) groups is 1. The molecule has 0 unspecified atom stereocenters. The summed E-state index contributed by atoms with van der Waals surface area (Å²) in [5.41, 5.74) is 1.09. The molecule has 7 atom stereocenters. The van der Waals surface area contributed by atoms with Gasteiger partial charge < -0.3 is 14.3 Å². The Balaban J connectivity index is 0.000000603. The van der Waals surface area contributed by atoms with Gasteiger partial charge in [-0.15, -0.1) is 0 Å². The van der Waals surface area contributed by atoms with Crippen molar-refractivity contribution in [1.82, 2.24) is 0 Å². The SMILES string of the molecule is CC(=O)S[C@@H]1CC2=CC(=O)CC[C@]2(C)[C@H]2CC[C@@]3(C)[C@@H](CC[C@@]34CCC(=O)O4)[C@H]12.O=[Si](O)O.[AlH3]. The zero-order valence-electron chi connectivity index (χ0n) is 19.6. The first-order valence-corrected chi connectivity index (χ1v) is 14.1. The molecule has 0 bridgehead atoms. The Morgan fingerprint density at radius 1 is 1.09 bits per heavy atom. The number of ether oxygens (including phenoxy) is 1. The van der Waals surface area contributed by atoms with Crippen molar-refractivity contribution in [1.29, 1.82) is 0 Å². The molecule has 0 aromatic heterocycles. The minimum atomic E-state index is -3.13. The minimum Gasteiger partial charge on any atom is -0.511 e. The van der Waals surface area contributed by atoms with Gasteiger partial charge >= 0.3 is 15.1 Å². The van der Waals surface area contributed by atoms with Crippen molar-refractivity contribution in [3.8, 4) is 0 Å². The monoisotopic (exact) mass is 524 g/mol. The second-order valence-electron chi connectivity index (χ2n) is 10.9. The standard InChI is InChI=1S/C24H32O4S.Al.H2O3Si.3H/c1-14(25)29-19-13-15-12-16(26)4-8-22(15,2)17-5-9-23(3)18(21(17)19)6-10-24(23)11-7-20(27)28-24;;1-4(2)3;;;/h12,17-19,21H,4-11,13H2,1-3H3;;1-2H;;;/t17-,18-,19+,21+,22-,23-,24+;;;;;/m0...../s1. The smallest absolute Gasteiger partial charge is 0.511 e. The molecule has 2 N–H and O–H groups in total. The van der Waals surface area contributed by atoms with Crippen LogP contribution < -0.4 is 0 Å². The highest BCUT2D eigenvalue weighted by Gasteiger charge is 2.68. The predicted octanol–water partition coefficient (Wildman–Crippen LogP) is 2.05. The summed E-state index contributed by atoms with van der Waals surface area (Å²) in [7, 11) is -3.13. The highest BCUT2D eigenvalue weighted by molar-refractivity contribution is 8.14. The number of carbonyl (C=O) groups excluding carboxylic acids is 3. The molecule has 10 heteroatoms. The van der Waals surface area contributed by atoms with Crippen molar-refractivity contribution in [3.63, 3.8) is 0 Å². The van der Waals surface area contributed by atoms with Gasteiger partial charge in [0.1, 0.15) is 5.60 Å². The van der Waals surface area contributed by atoms with Crippen LogP contribution in [0, 0.1) is 28.6 Å². The van der Waals surface area contributed by atoms with Gasteiger partial charge in [-0.05, 0) is 74.2 Å². The summed E-state index contributed by atoms with van der Waals surface area (Å²) in [5, 5.41) is 0.409. The molecule has 1 spiro atoms. The number of ketones is 1. The van der Waals surface area contributed by atoms with Gasteiger partial charge in [0.15, 0.2) is 28.3 Å². The molecule has 188 valence electrons. The Hall–Kier alpha value is -0.951. The van der Waals surface area contributed by atoms with Gasteiger partial charge in [0.25, 0.3) is 0 Å². The summed E-state index contributed by atoms with van der Waals surface area (Å²) >= 11 is 1.50. The maximum atomic E-state index is 12.2. The summed E-state index contributed by atoms with van der Waals surface area (Å²) < 4.78 is 14.8. The third-order valence-corrected chi connectivity index (χ3v) is 10.7. The molecular formula is C24H37AlO7SSi. The molecule has 0 radical (unpaired) electrons. The summed E-state index contributed by atoms with van der Waals surface area (Å²) in [6.45, 7) is 6.42. The lowest BCUT2D eigenvalue weighted by Crippen LogP contribution is -2.57. The zero-order valence-corrected chi connectivity index (χ0v) is 21.4. The van der Waals surface area contributed by atoms with Gasteiger partial charge in [0.05, 0.1) is 0 Å². The Kier molecular flexibility index (Phi) is 7.99. The molecule has 5 rings (SSSR count). The van der Waals surface area contributed by atoms with Crippen LogP contribution in [-0.4, -0.2) is 63.8 Å². The van der Waals surface area contributed by atoms with E-state index in [4.69, 9.17) is 18.8 Å². The molecular weight excluding hydrogens is 487 g/mol. The van der Waals surface area contributed by atoms with Gasteiger partial charge in [0.2, 0.25) is 0 Å². The average molecular weight is 525 g/mol. The fourth-order valence-electron chi connectivity index (χ4n) is 8.13. The summed E-state index contributed by atoms with van der Waals surface area (Å²) in [5.74, 6) is 1.67. The van der Waals surface area contributed by atoms with E-state index in [-0.39, 0.29) is 55.9 Å². The van der Waals surface area contributed by atoms with Crippen molar-refractivity contribution >= 4 is 55.2 Å². The first-order valence-electron chi connectivity index (χ1n) is 12.0. The van der Waals surface area contributed by atoms with E-state index in [1.807, 2.05) is 6.08 Å². The molecule has 5 aliphatic rings. The van der Waals surface area contributed by atoms with Crippen LogP contribution in [0.15, 0.2) is 11.6 Å².